The van der Waals surface area contributed by atoms with Crippen LogP contribution in [0.15, 0.2) is 94.5 Å². The quantitative estimate of drug-likeness (QED) is 0.169. The summed E-state index contributed by atoms with van der Waals surface area (Å²) in [5.41, 5.74) is 0.547. The largest absolute Gasteiger partial charge is 0.544 e. The van der Waals surface area contributed by atoms with Gasteiger partial charge in [-0.1, -0.05) is 63.3 Å². The molecule has 188 valence electrons. The maximum absolute atomic E-state index is 12.5. The van der Waals surface area contributed by atoms with Crippen LogP contribution in [0.25, 0.3) is 0 Å². The predicted molar refractivity (Wildman–Crippen MR) is 143 cm³/mol. The van der Waals surface area contributed by atoms with Crippen molar-refractivity contribution >= 4 is 24.1 Å². The Morgan fingerprint density at radius 3 is 2.40 bits per heavy atom. The van der Waals surface area contributed by atoms with E-state index in [4.69, 9.17) is 9.16 Å². The lowest BCUT2D eigenvalue weighted by atomic mass is 9.74. The van der Waals surface area contributed by atoms with E-state index in [1.54, 1.807) is 18.2 Å². The summed E-state index contributed by atoms with van der Waals surface area (Å²) in [5.74, 6) is 0.186. The number of allylic oxidation sites excluding steroid dienone is 4. The molecule has 0 amide bonds. The minimum Gasteiger partial charge on any atom is -0.544 e. The summed E-state index contributed by atoms with van der Waals surface area (Å²) >= 11 is 0. The summed E-state index contributed by atoms with van der Waals surface area (Å²) < 4.78 is 37.0. The maximum Gasteiger partial charge on any atom is 0.331 e. The van der Waals surface area contributed by atoms with Crippen molar-refractivity contribution in [3.8, 4) is 0 Å². The second-order valence-electron chi connectivity index (χ2n) is 10.5. The standard InChI is InChI=1S/C28H36O5SSi/c1-27(2,3)35(4,5)33-24-14-12-13-23(21-24)28(18-10-7-11-19-28)22-32-26(29)17-20-34(30,31)25-15-8-6-9-16-25/h6,8-11,14-21H,7,12-13,22H2,1-5H3/b20-17+. The fraction of sp³-hybridized carbons (Fsp3) is 0.393. The molecule has 0 bridgehead atoms. The molecule has 5 nitrogen and oxygen atoms in total. The summed E-state index contributed by atoms with van der Waals surface area (Å²) in [4.78, 5) is 12.6. The lowest BCUT2D eigenvalue weighted by Gasteiger charge is -2.38. The summed E-state index contributed by atoms with van der Waals surface area (Å²) in [6.07, 6.45) is 16.0. The summed E-state index contributed by atoms with van der Waals surface area (Å²) in [5, 5.41) is 0.987. The average molecular weight is 513 g/mol. The molecule has 0 fully saturated rings. The fourth-order valence-electron chi connectivity index (χ4n) is 3.73. The van der Waals surface area contributed by atoms with Gasteiger partial charge in [0.2, 0.25) is 8.32 Å². The van der Waals surface area contributed by atoms with Crippen LogP contribution in [0.1, 0.15) is 40.0 Å². The number of hydrogen-bond acceptors (Lipinski definition) is 5. The Hall–Kier alpha value is -2.64. The molecule has 0 radical (unpaired) electrons. The first-order valence-electron chi connectivity index (χ1n) is 12.0. The van der Waals surface area contributed by atoms with E-state index in [0.29, 0.717) is 0 Å². The van der Waals surface area contributed by atoms with Crippen molar-refractivity contribution in [3.63, 3.8) is 0 Å². The Kier molecular flexibility index (Phi) is 8.12. The average Bonchev–Trinajstić information content (AvgIpc) is 2.82. The third-order valence-electron chi connectivity index (χ3n) is 6.86. The molecule has 0 saturated carbocycles. The van der Waals surface area contributed by atoms with Crippen LogP contribution in [-0.2, 0) is 23.8 Å². The van der Waals surface area contributed by atoms with E-state index in [2.05, 4.69) is 70.3 Å². The maximum atomic E-state index is 12.5. The molecule has 2 aliphatic carbocycles. The number of hydrogen-bond donors (Lipinski definition) is 0. The SMILES string of the molecule is CC(C)(C)[Si](C)(C)OC1=CCCC(C2(COC(=O)/C=C/S(=O)(=O)c3ccccc3)C=CCC=C2)=C1. The van der Waals surface area contributed by atoms with Crippen LogP contribution in [0.2, 0.25) is 18.1 Å². The van der Waals surface area contributed by atoms with Crippen LogP contribution in [0.5, 0.6) is 0 Å². The minimum absolute atomic E-state index is 0.0869. The first kappa shape index (κ1) is 27.0. The highest BCUT2D eigenvalue weighted by molar-refractivity contribution is 7.94. The van der Waals surface area contributed by atoms with E-state index in [-0.39, 0.29) is 16.5 Å². The molecule has 1 aromatic rings. The van der Waals surface area contributed by atoms with Gasteiger partial charge in [0, 0.05) is 11.5 Å². The van der Waals surface area contributed by atoms with Gasteiger partial charge in [-0.15, -0.1) is 0 Å². The number of rotatable bonds is 8. The Morgan fingerprint density at radius 1 is 1.11 bits per heavy atom. The lowest BCUT2D eigenvalue weighted by Crippen LogP contribution is -2.40. The van der Waals surface area contributed by atoms with Crippen molar-refractivity contribution in [2.75, 3.05) is 6.61 Å². The molecular formula is C28H36O5SSi. The summed E-state index contributed by atoms with van der Waals surface area (Å²) in [6, 6.07) is 7.99. The molecule has 0 saturated heterocycles. The zero-order valence-corrected chi connectivity index (χ0v) is 23.1. The van der Waals surface area contributed by atoms with Crippen LogP contribution in [-0.4, -0.2) is 29.3 Å². The first-order valence-corrected chi connectivity index (χ1v) is 16.4. The van der Waals surface area contributed by atoms with Crippen LogP contribution in [0.3, 0.4) is 0 Å². The predicted octanol–water partition coefficient (Wildman–Crippen LogP) is 6.65. The summed E-state index contributed by atoms with van der Waals surface area (Å²) in [7, 11) is -5.70. The molecule has 0 N–H and O–H groups in total. The highest BCUT2D eigenvalue weighted by Crippen LogP contribution is 2.42. The van der Waals surface area contributed by atoms with E-state index in [1.807, 2.05) is 0 Å². The second kappa shape index (κ2) is 10.5. The lowest BCUT2D eigenvalue weighted by molar-refractivity contribution is -0.139. The fourth-order valence-corrected chi connectivity index (χ4v) is 5.75. The molecule has 0 spiro atoms. The van der Waals surface area contributed by atoms with E-state index >= 15 is 0 Å². The number of carbonyl (C=O) groups is 1. The van der Waals surface area contributed by atoms with Crippen LogP contribution < -0.4 is 0 Å². The van der Waals surface area contributed by atoms with Crippen LogP contribution in [0.4, 0.5) is 0 Å². The van der Waals surface area contributed by atoms with Crippen molar-refractivity contribution in [2.24, 2.45) is 5.41 Å². The van der Waals surface area contributed by atoms with Crippen molar-refractivity contribution < 1.29 is 22.4 Å². The molecule has 0 aliphatic heterocycles. The summed E-state index contributed by atoms with van der Waals surface area (Å²) in [6.45, 7) is 11.2. The normalized spacial score (nSPS) is 18.2. The van der Waals surface area contributed by atoms with Gasteiger partial charge < -0.3 is 9.16 Å². The van der Waals surface area contributed by atoms with Gasteiger partial charge in [0.05, 0.1) is 16.1 Å². The molecule has 0 heterocycles. The number of sulfone groups is 1. The number of ether oxygens (including phenoxy) is 1. The smallest absolute Gasteiger partial charge is 0.331 e. The molecule has 1 aromatic carbocycles. The van der Waals surface area contributed by atoms with Gasteiger partial charge in [0.15, 0.2) is 9.84 Å². The van der Waals surface area contributed by atoms with Gasteiger partial charge in [-0.2, -0.15) is 0 Å². The molecule has 0 atom stereocenters. The van der Waals surface area contributed by atoms with Crippen molar-refractivity contribution in [3.05, 3.63) is 89.6 Å². The Morgan fingerprint density at radius 2 is 1.77 bits per heavy atom. The second-order valence-corrected chi connectivity index (χ2v) is 17.1. The third kappa shape index (κ3) is 6.73. The molecule has 35 heavy (non-hydrogen) atoms. The zero-order chi connectivity index (χ0) is 25.7. The first-order chi connectivity index (χ1) is 16.3. The third-order valence-corrected chi connectivity index (χ3v) is 12.6. The van der Waals surface area contributed by atoms with Gasteiger partial charge in [0.25, 0.3) is 0 Å². The molecule has 0 unspecified atom stereocenters. The molecule has 0 aromatic heterocycles. The highest BCUT2D eigenvalue weighted by Gasteiger charge is 2.40. The monoisotopic (exact) mass is 512 g/mol. The molecular weight excluding hydrogens is 476 g/mol. The van der Waals surface area contributed by atoms with E-state index in [0.717, 1.165) is 42.1 Å². The van der Waals surface area contributed by atoms with Gasteiger partial charge in [-0.05, 0) is 67.3 Å². The van der Waals surface area contributed by atoms with E-state index in [9.17, 15) is 13.2 Å². The van der Waals surface area contributed by atoms with Gasteiger partial charge >= 0.3 is 5.97 Å². The van der Waals surface area contributed by atoms with Gasteiger partial charge in [-0.25, -0.2) is 13.2 Å². The molecule has 2 aliphatic rings. The minimum atomic E-state index is -3.71. The van der Waals surface area contributed by atoms with Gasteiger partial charge in [0.1, 0.15) is 6.61 Å². The Bertz CT molecular complexity index is 1170. The van der Waals surface area contributed by atoms with Crippen molar-refractivity contribution in [2.45, 2.75) is 63.1 Å². The molecule has 3 rings (SSSR count). The molecule has 7 heteroatoms. The Balaban J connectivity index is 1.76. The topological polar surface area (TPSA) is 69.7 Å². The van der Waals surface area contributed by atoms with Crippen LogP contribution >= 0.6 is 0 Å². The number of benzene rings is 1. The van der Waals surface area contributed by atoms with Crippen LogP contribution in [0, 0.1) is 5.41 Å². The number of esters is 1. The van der Waals surface area contributed by atoms with E-state index in [1.165, 1.54) is 12.1 Å². The zero-order valence-electron chi connectivity index (χ0n) is 21.3. The highest BCUT2D eigenvalue weighted by atomic mass is 32.2. The van der Waals surface area contributed by atoms with Gasteiger partial charge in [-0.3, -0.25) is 0 Å². The number of carbonyl (C=O) groups excluding carboxylic acids is 1. The van der Waals surface area contributed by atoms with Crippen molar-refractivity contribution in [1.82, 2.24) is 0 Å². The van der Waals surface area contributed by atoms with E-state index < -0.39 is 29.5 Å². The Labute approximate surface area is 211 Å². The van der Waals surface area contributed by atoms with Crippen molar-refractivity contribution in [1.29, 1.82) is 0 Å².